The van der Waals surface area contributed by atoms with Crippen molar-refractivity contribution in [3.63, 3.8) is 0 Å². The van der Waals surface area contributed by atoms with Crippen molar-refractivity contribution in [2.24, 2.45) is 0 Å². The minimum absolute atomic E-state index is 0.533. The summed E-state index contributed by atoms with van der Waals surface area (Å²) in [7, 11) is 0. The molecule has 14 heavy (non-hydrogen) atoms. The largest absolute Gasteiger partial charge is 0.397 e. The van der Waals surface area contributed by atoms with Gasteiger partial charge in [0.25, 0.3) is 0 Å². The number of rotatable bonds is 4. The molecule has 0 bridgehead atoms. The smallest absolute Gasteiger partial charge is 0.144 e. The first-order valence-electron chi connectivity index (χ1n) is 4.31. The van der Waals surface area contributed by atoms with E-state index in [1.54, 1.807) is 24.0 Å². The van der Waals surface area contributed by atoms with Gasteiger partial charge in [-0.15, -0.1) is 0 Å². The normalized spacial score (nSPS) is 12.5. The molecule has 1 aromatic rings. The average Bonchev–Trinajstić information content (AvgIpc) is 2.16. The Morgan fingerprint density at radius 2 is 2.43 bits per heavy atom. The fourth-order valence-corrected chi connectivity index (χ4v) is 1.40. The van der Waals surface area contributed by atoms with Crippen LogP contribution in [0.1, 0.15) is 6.92 Å². The third kappa shape index (κ3) is 3.27. The monoisotopic (exact) mass is 231 g/mol. The molecule has 0 saturated carbocycles. The number of nitrogen functional groups attached to an aromatic ring is 1. The summed E-state index contributed by atoms with van der Waals surface area (Å²) in [6.07, 6.45) is 3.67. The molecule has 5 heteroatoms. The Bertz CT molecular complexity index is 306. The van der Waals surface area contributed by atoms with Gasteiger partial charge in [-0.2, -0.15) is 11.8 Å². The molecule has 0 aliphatic rings. The van der Waals surface area contributed by atoms with Crippen molar-refractivity contribution in [2.75, 3.05) is 23.9 Å². The average molecular weight is 232 g/mol. The molecule has 1 unspecified atom stereocenters. The number of nitrogens with zero attached hydrogens (tertiary/aromatic N) is 1. The first-order valence-corrected chi connectivity index (χ1v) is 5.97. The number of nitrogens with one attached hydrogen (secondary N) is 1. The number of pyridine rings is 1. The van der Waals surface area contributed by atoms with Gasteiger partial charge in [-0.05, 0) is 12.3 Å². The van der Waals surface area contributed by atoms with Crippen LogP contribution in [0.2, 0.25) is 5.02 Å². The van der Waals surface area contributed by atoms with Crippen molar-refractivity contribution in [3.05, 3.63) is 17.3 Å². The van der Waals surface area contributed by atoms with Gasteiger partial charge in [0.1, 0.15) is 5.82 Å². The van der Waals surface area contributed by atoms with Gasteiger partial charge in [-0.3, -0.25) is 0 Å². The molecule has 3 nitrogen and oxygen atoms in total. The summed E-state index contributed by atoms with van der Waals surface area (Å²) in [5.74, 6) is 0.696. The highest BCUT2D eigenvalue weighted by Gasteiger charge is 2.03. The van der Waals surface area contributed by atoms with E-state index in [0.29, 0.717) is 21.8 Å². The number of halogens is 1. The molecule has 0 spiro atoms. The molecule has 1 heterocycles. The van der Waals surface area contributed by atoms with E-state index in [-0.39, 0.29) is 0 Å². The summed E-state index contributed by atoms with van der Waals surface area (Å²) in [5.41, 5.74) is 6.11. The fraction of sp³-hybridized carbons (Fsp3) is 0.444. The second-order valence-electron chi connectivity index (χ2n) is 3.03. The maximum Gasteiger partial charge on any atom is 0.144 e. The predicted octanol–water partition coefficient (Wildman–Crippen LogP) is 2.48. The van der Waals surface area contributed by atoms with Gasteiger partial charge in [0.05, 0.1) is 16.9 Å². The highest BCUT2D eigenvalue weighted by molar-refractivity contribution is 7.99. The third-order valence-electron chi connectivity index (χ3n) is 1.82. The Hall–Kier alpha value is -0.610. The van der Waals surface area contributed by atoms with Crippen molar-refractivity contribution in [1.82, 2.24) is 4.98 Å². The van der Waals surface area contributed by atoms with E-state index in [1.807, 2.05) is 0 Å². The van der Waals surface area contributed by atoms with E-state index in [9.17, 15) is 0 Å². The van der Waals surface area contributed by atoms with Crippen LogP contribution in [0.3, 0.4) is 0 Å². The first kappa shape index (κ1) is 11.5. The van der Waals surface area contributed by atoms with Crippen LogP contribution in [0, 0.1) is 0 Å². The number of hydrogen-bond donors (Lipinski definition) is 2. The maximum atomic E-state index is 5.94. The van der Waals surface area contributed by atoms with Crippen LogP contribution in [0.4, 0.5) is 11.5 Å². The number of hydrogen-bond acceptors (Lipinski definition) is 4. The van der Waals surface area contributed by atoms with E-state index >= 15 is 0 Å². The minimum atomic E-state index is 0.533. The molecule has 3 N–H and O–H groups in total. The van der Waals surface area contributed by atoms with Crippen LogP contribution in [0.25, 0.3) is 0 Å². The second kappa shape index (κ2) is 5.32. The lowest BCUT2D eigenvalue weighted by atomic mass is 10.4. The zero-order chi connectivity index (χ0) is 10.6. The maximum absolute atomic E-state index is 5.94. The van der Waals surface area contributed by atoms with Crippen LogP contribution in [-0.4, -0.2) is 23.0 Å². The molecule has 0 aliphatic carbocycles. The topological polar surface area (TPSA) is 50.9 Å². The van der Waals surface area contributed by atoms with Gasteiger partial charge < -0.3 is 11.1 Å². The van der Waals surface area contributed by atoms with Crippen LogP contribution in [0.15, 0.2) is 12.3 Å². The van der Waals surface area contributed by atoms with E-state index in [0.717, 1.165) is 6.54 Å². The molecule has 0 aromatic carbocycles. The molecule has 0 amide bonds. The molecule has 0 aliphatic heterocycles. The summed E-state index contributed by atoms with van der Waals surface area (Å²) in [4.78, 5) is 4.11. The van der Waals surface area contributed by atoms with Gasteiger partial charge in [0, 0.05) is 11.8 Å². The molecule has 1 atom stereocenters. The molecular formula is C9H14ClN3S. The van der Waals surface area contributed by atoms with Crippen LogP contribution in [0.5, 0.6) is 0 Å². The summed E-state index contributed by atoms with van der Waals surface area (Å²) >= 11 is 7.74. The molecule has 0 fully saturated rings. The van der Waals surface area contributed by atoms with E-state index in [1.165, 1.54) is 0 Å². The summed E-state index contributed by atoms with van der Waals surface area (Å²) in [6.45, 7) is 2.99. The van der Waals surface area contributed by atoms with E-state index in [4.69, 9.17) is 17.3 Å². The van der Waals surface area contributed by atoms with Gasteiger partial charge >= 0.3 is 0 Å². The van der Waals surface area contributed by atoms with Crippen LogP contribution in [-0.2, 0) is 0 Å². The first-order chi connectivity index (χ1) is 6.63. The van der Waals surface area contributed by atoms with Gasteiger partial charge in [0.2, 0.25) is 0 Å². The molecule has 0 saturated heterocycles. The highest BCUT2D eigenvalue weighted by Crippen LogP contribution is 2.21. The van der Waals surface area contributed by atoms with Crippen molar-refractivity contribution < 1.29 is 0 Å². The Morgan fingerprint density at radius 1 is 1.71 bits per heavy atom. The fourth-order valence-electron chi connectivity index (χ4n) is 0.907. The van der Waals surface area contributed by atoms with Gasteiger partial charge in [-0.25, -0.2) is 4.98 Å². The Kier molecular flexibility index (Phi) is 4.35. The van der Waals surface area contributed by atoms with Gasteiger partial charge in [-0.1, -0.05) is 18.5 Å². The molecule has 1 aromatic heterocycles. The van der Waals surface area contributed by atoms with Crippen molar-refractivity contribution in [2.45, 2.75) is 12.2 Å². The zero-order valence-corrected chi connectivity index (χ0v) is 9.82. The number of anilines is 2. The summed E-state index contributed by atoms with van der Waals surface area (Å²) < 4.78 is 0. The van der Waals surface area contributed by atoms with E-state index < -0.39 is 0 Å². The second-order valence-corrected chi connectivity index (χ2v) is 4.71. The SMILES string of the molecule is CSC(C)CNc1ncc(N)cc1Cl. The highest BCUT2D eigenvalue weighted by atomic mass is 35.5. The predicted molar refractivity (Wildman–Crippen MR) is 65.1 cm³/mol. The van der Waals surface area contributed by atoms with Crippen LogP contribution < -0.4 is 11.1 Å². The zero-order valence-electron chi connectivity index (χ0n) is 8.25. The molecule has 1 rings (SSSR count). The third-order valence-corrected chi connectivity index (χ3v) is 3.08. The van der Waals surface area contributed by atoms with Gasteiger partial charge in [0.15, 0.2) is 0 Å². The van der Waals surface area contributed by atoms with E-state index in [2.05, 4.69) is 23.5 Å². The number of aromatic nitrogens is 1. The lowest BCUT2D eigenvalue weighted by molar-refractivity contribution is 0.992. The molecule has 0 radical (unpaired) electrons. The Labute approximate surface area is 93.4 Å². The number of nitrogens with two attached hydrogens (primary N) is 1. The minimum Gasteiger partial charge on any atom is -0.397 e. The van der Waals surface area contributed by atoms with Crippen molar-refractivity contribution in [3.8, 4) is 0 Å². The van der Waals surface area contributed by atoms with Crippen molar-refractivity contribution >= 4 is 34.9 Å². The summed E-state index contributed by atoms with van der Waals surface area (Å²) in [6, 6.07) is 1.70. The lowest BCUT2D eigenvalue weighted by Crippen LogP contribution is -2.13. The summed E-state index contributed by atoms with van der Waals surface area (Å²) in [5, 5.41) is 4.27. The Morgan fingerprint density at radius 3 is 3.00 bits per heavy atom. The number of thioether (sulfide) groups is 1. The quantitative estimate of drug-likeness (QED) is 0.836. The van der Waals surface area contributed by atoms with Crippen LogP contribution >= 0.6 is 23.4 Å². The lowest BCUT2D eigenvalue weighted by Gasteiger charge is -2.11. The standard InChI is InChI=1S/C9H14ClN3S/c1-6(14-2)4-12-9-8(10)3-7(11)5-13-9/h3,5-6H,4,11H2,1-2H3,(H,12,13). The Balaban J connectivity index is 2.59. The molecule has 78 valence electrons. The molecular weight excluding hydrogens is 218 g/mol. The van der Waals surface area contributed by atoms with Crippen molar-refractivity contribution in [1.29, 1.82) is 0 Å².